The SMILES string of the molecule is COC(=O)[C@H](CCCN=C(N)NS(=O)(=O)c1c(C)c(C)c2c(c1C)CC(C)(C)O2)N(C)S(=O)(=O)c1ccccc1[N+](=O)[O-]. The molecule has 2 aromatic carbocycles. The second-order valence-corrected chi connectivity index (χ2v) is 14.4. The molecule has 0 radical (unpaired) electrons. The van der Waals surface area contributed by atoms with Gasteiger partial charge in [-0.15, -0.1) is 0 Å². The Morgan fingerprint density at radius 1 is 1.19 bits per heavy atom. The number of nitro benzene ring substituents is 1. The summed E-state index contributed by atoms with van der Waals surface area (Å²) in [5.41, 5.74) is 7.44. The normalized spacial score (nSPS) is 15.5. The molecule has 2 aromatic rings. The Bertz CT molecular complexity index is 1690. The maximum absolute atomic E-state index is 13.4. The molecule has 1 aliphatic heterocycles. The van der Waals surface area contributed by atoms with Gasteiger partial charge in [-0.1, -0.05) is 12.1 Å². The zero-order valence-electron chi connectivity index (χ0n) is 25.1. The molecule has 16 heteroatoms. The highest BCUT2D eigenvalue weighted by Crippen LogP contribution is 2.43. The lowest BCUT2D eigenvalue weighted by atomic mass is 9.94. The number of para-hydroxylation sites is 1. The molecule has 3 rings (SSSR count). The van der Waals surface area contributed by atoms with Crippen LogP contribution in [0, 0.1) is 30.9 Å². The summed E-state index contributed by atoms with van der Waals surface area (Å²) < 4.78 is 67.0. The second-order valence-electron chi connectivity index (χ2n) is 10.9. The van der Waals surface area contributed by atoms with E-state index in [1.54, 1.807) is 20.8 Å². The number of hydrogen-bond acceptors (Lipinski definition) is 10. The monoisotopic (exact) mass is 639 g/mol. The number of nitrogens with two attached hydrogens (primary N) is 1. The molecule has 0 fully saturated rings. The summed E-state index contributed by atoms with van der Waals surface area (Å²) in [5.74, 6) is -0.578. The summed E-state index contributed by atoms with van der Waals surface area (Å²) in [6.07, 6.45) is 0.552. The van der Waals surface area contributed by atoms with Gasteiger partial charge in [-0.25, -0.2) is 21.6 Å². The van der Waals surface area contributed by atoms with Crippen molar-refractivity contribution >= 4 is 37.7 Å². The quantitative estimate of drug-likeness (QED) is 0.0919. The average Bonchev–Trinajstić information content (AvgIpc) is 3.26. The van der Waals surface area contributed by atoms with E-state index in [9.17, 15) is 31.7 Å². The van der Waals surface area contributed by atoms with Gasteiger partial charge < -0.3 is 15.2 Å². The van der Waals surface area contributed by atoms with Crippen molar-refractivity contribution in [2.24, 2.45) is 10.7 Å². The van der Waals surface area contributed by atoms with Gasteiger partial charge in [-0.05, 0) is 70.2 Å². The third-order valence-corrected chi connectivity index (χ3v) is 10.9. The van der Waals surface area contributed by atoms with Crippen LogP contribution in [0.4, 0.5) is 5.69 Å². The highest BCUT2D eigenvalue weighted by Gasteiger charge is 2.38. The summed E-state index contributed by atoms with van der Waals surface area (Å²) >= 11 is 0. The van der Waals surface area contributed by atoms with E-state index in [4.69, 9.17) is 15.2 Å². The first-order valence-electron chi connectivity index (χ1n) is 13.3. The lowest BCUT2D eigenvalue weighted by Crippen LogP contribution is -2.43. The summed E-state index contributed by atoms with van der Waals surface area (Å²) in [4.78, 5) is 26.7. The van der Waals surface area contributed by atoms with Crippen molar-refractivity contribution in [3.63, 3.8) is 0 Å². The fraction of sp³-hybridized carbons (Fsp3) is 0.481. The molecular weight excluding hydrogens is 602 g/mol. The third kappa shape index (κ3) is 6.91. The first-order valence-corrected chi connectivity index (χ1v) is 16.2. The fourth-order valence-electron chi connectivity index (χ4n) is 5.09. The number of carbonyl (C=O) groups excluding carboxylic acids is 1. The first-order chi connectivity index (χ1) is 19.9. The average molecular weight is 640 g/mol. The van der Waals surface area contributed by atoms with Crippen LogP contribution < -0.4 is 15.2 Å². The number of rotatable bonds is 11. The highest BCUT2D eigenvalue weighted by atomic mass is 32.2. The number of carbonyl (C=O) groups is 1. The van der Waals surface area contributed by atoms with Crippen molar-refractivity contribution in [3.05, 3.63) is 56.6 Å². The molecule has 0 saturated carbocycles. The molecule has 1 aliphatic rings. The van der Waals surface area contributed by atoms with Gasteiger partial charge in [0.15, 0.2) is 4.90 Å². The third-order valence-electron chi connectivity index (χ3n) is 7.35. The van der Waals surface area contributed by atoms with Crippen molar-refractivity contribution < 1.29 is 36.0 Å². The Morgan fingerprint density at radius 3 is 2.42 bits per heavy atom. The van der Waals surface area contributed by atoms with E-state index in [1.165, 1.54) is 12.1 Å². The number of ether oxygens (including phenoxy) is 2. The van der Waals surface area contributed by atoms with Crippen molar-refractivity contribution in [2.75, 3.05) is 20.7 Å². The van der Waals surface area contributed by atoms with Crippen LogP contribution >= 0.6 is 0 Å². The molecule has 0 saturated heterocycles. The molecule has 1 atom stereocenters. The van der Waals surface area contributed by atoms with Gasteiger partial charge in [0.1, 0.15) is 17.4 Å². The van der Waals surface area contributed by atoms with Crippen molar-refractivity contribution in [2.45, 2.75) is 75.3 Å². The molecule has 0 unspecified atom stereocenters. The molecule has 1 heterocycles. The number of nitrogens with zero attached hydrogens (tertiary/aromatic N) is 3. The maximum Gasteiger partial charge on any atom is 0.324 e. The summed E-state index contributed by atoms with van der Waals surface area (Å²) in [6, 6.07) is 3.45. The van der Waals surface area contributed by atoms with E-state index in [1.807, 2.05) is 13.8 Å². The number of fused-ring (bicyclic) bond motifs is 1. The van der Waals surface area contributed by atoms with Gasteiger partial charge in [0, 0.05) is 31.6 Å². The van der Waals surface area contributed by atoms with Crippen molar-refractivity contribution in [3.8, 4) is 5.75 Å². The Hall–Kier alpha value is -3.76. The van der Waals surface area contributed by atoms with Crippen LogP contribution in [0.2, 0.25) is 0 Å². The second kappa shape index (κ2) is 12.5. The number of aliphatic imine (C=N–C) groups is 1. The number of methoxy groups -OCH3 is 1. The van der Waals surface area contributed by atoms with Crippen molar-refractivity contribution in [1.29, 1.82) is 0 Å². The number of nitro groups is 1. The Morgan fingerprint density at radius 2 is 1.81 bits per heavy atom. The predicted octanol–water partition coefficient (Wildman–Crippen LogP) is 2.47. The minimum Gasteiger partial charge on any atom is -0.487 e. The predicted molar refractivity (Wildman–Crippen MR) is 159 cm³/mol. The molecule has 236 valence electrons. The zero-order valence-corrected chi connectivity index (χ0v) is 26.8. The van der Waals surface area contributed by atoms with Crippen LogP contribution in [0.3, 0.4) is 0 Å². The Kier molecular flexibility index (Phi) is 9.78. The number of hydrogen-bond donors (Lipinski definition) is 2. The largest absolute Gasteiger partial charge is 0.487 e. The van der Waals surface area contributed by atoms with Crippen LogP contribution in [0.5, 0.6) is 5.75 Å². The van der Waals surface area contributed by atoms with E-state index in [0.717, 1.165) is 37.4 Å². The Labute approximate surface area is 251 Å². The van der Waals surface area contributed by atoms with Gasteiger partial charge in [-0.2, -0.15) is 4.31 Å². The van der Waals surface area contributed by atoms with Gasteiger partial charge >= 0.3 is 5.97 Å². The standard InChI is InChI=1S/C27H37N5O9S2/c1-16-17(2)24(18(3)19-15-27(4,5)41-23(16)19)42(36,37)30-26(28)29-14-10-12-21(25(33)40-7)31(6)43(38,39)22-13-9-8-11-20(22)32(34)35/h8-9,11,13,21H,10,12,14-15H2,1-7H3,(H3,28,29,30)/t21-/m0/s1. The number of likely N-dealkylation sites (N-methyl/N-ethyl adjacent to an activating group) is 1. The topological polar surface area (TPSA) is 201 Å². The molecular formula is C27H37N5O9S2. The van der Waals surface area contributed by atoms with Gasteiger partial charge in [0.25, 0.3) is 15.7 Å². The van der Waals surface area contributed by atoms with Crippen LogP contribution in [0.25, 0.3) is 0 Å². The minimum absolute atomic E-state index is 0.0651. The first kappa shape index (κ1) is 33.7. The molecule has 0 amide bonds. The Balaban J connectivity index is 1.76. The van der Waals surface area contributed by atoms with Crippen LogP contribution in [0.1, 0.15) is 48.9 Å². The van der Waals surface area contributed by atoms with E-state index >= 15 is 0 Å². The number of benzene rings is 2. The minimum atomic E-state index is -4.47. The van der Waals surface area contributed by atoms with Gasteiger partial charge in [0.05, 0.1) is 16.9 Å². The van der Waals surface area contributed by atoms with E-state index in [0.29, 0.717) is 27.6 Å². The number of guanidine groups is 1. The maximum atomic E-state index is 13.4. The van der Waals surface area contributed by atoms with E-state index < -0.39 is 53.2 Å². The summed E-state index contributed by atoms with van der Waals surface area (Å²) in [6.45, 7) is 9.02. The molecule has 14 nitrogen and oxygen atoms in total. The van der Waals surface area contributed by atoms with Gasteiger partial charge in [0.2, 0.25) is 16.0 Å². The summed E-state index contributed by atoms with van der Waals surface area (Å²) in [7, 11) is -6.39. The molecule has 0 aromatic heterocycles. The lowest BCUT2D eigenvalue weighted by Gasteiger charge is -2.25. The number of esters is 1. The van der Waals surface area contributed by atoms with Gasteiger partial charge in [-0.3, -0.25) is 19.9 Å². The fourth-order valence-corrected chi connectivity index (χ4v) is 8.10. The van der Waals surface area contributed by atoms with Crippen LogP contribution in [-0.4, -0.2) is 70.3 Å². The molecule has 0 aliphatic carbocycles. The van der Waals surface area contributed by atoms with E-state index in [2.05, 4.69) is 9.71 Å². The summed E-state index contributed by atoms with van der Waals surface area (Å²) in [5, 5.41) is 11.4. The molecule has 3 N–H and O–H groups in total. The molecule has 0 spiro atoms. The smallest absolute Gasteiger partial charge is 0.324 e. The van der Waals surface area contributed by atoms with Crippen LogP contribution in [-0.2, 0) is 36.0 Å². The number of nitrogens with one attached hydrogen (secondary N) is 1. The lowest BCUT2D eigenvalue weighted by molar-refractivity contribution is -0.387. The highest BCUT2D eigenvalue weighted by molar-refractivity contribution is 7.90. The zero-order chi connectivity index (χ0) is 32.5. The van der Waals surface area contributed by atoms with Crippen LogP contribution in [0.15, 0.2) is 39.0 Å². The number of sulfonamides is 2. The van der Waals surface area contributed by atoms with Crippen molar-refractivity contribution in [1.82, 2.24) is 9.03 Å². The van der Waals surface area contributed by atoms with E-state index in [-0.39, 0.29) is 30.2 Å². The molecule has 43 heavy (non-hydrogen) atoms. The molecule has 0 bridgehead atoms.